The third kappa shape index (κ3) is 5.69. The normalized spacial score (nSPS) is 10.5. The lowest BCUT2D eigenvalue weighted by Gasteiger charge is -2.03. The lowest BCUT2D eigenvalue weighted by Crippen LogP contribution is -2.11. The summed E-state index contributed by atoms with van der Waals surface area (Å²) in [6.45, 7) is 0.160. The van der Waals surface area contributed by atoms with E-state index in [2.05, 4.69) is 10.5 Å². The Hall–Kier alpha value is -2.93. The molecule has 0 unspecified atom stereocenters. The highest BCUT2D eigenvalue weighted by molar-refractivity contribution is 6.30. The molecule has 2 aromatic rings. The fourth-order valence-electron chi connectivity index (χ4n) is 1.74. The number of carbonyl (C=O) groups excluding carboxylic acids is 1. The molecule has 24 heavy (non-hydrogen) atoms. The standard InChI is InChI=1S/C16H14ClN3O4/c17-13-3-5-14(6-4-13)19-16(21)9-10-18-24-11-12-1-7-15(8-2-12)20(22)23/h1-8,10H,9,11H2,(H,19,21)/b18-10+. The van der Waals surface area contributed by atoms with Crippen LogP contribution in [0.1, 0.15) is 12.0 Å². The van der Waals surface area contributed by atoms with E-state index < -0.39 is 4.92 Å². The van der Waals surface area contributed by atoms with Gasteiger partial charge in [-0.3, -0.25) is 14.9 Å². The summed E-state index contributed by atoms with van der Waals surface area (Å²) >= 11 is 5.76. The summed E-state index contributed by atoms with van der Waals surface area (Å²) in [5.41, 5.74) is 1.40. The third-order valence-electron chi connectivity index (χ3n) is 2.93. The number of non-ortho nitro benzene ring substituents is 1. The predicted octanol–water partition coefficient (Wildman–Crippen LogP) is 3.78. The van der Waals surface area contributed by atoms with Crippen LogP contribution in [0, 0.1) is 10.1 Å². The van der Waals surface area contributed by atoms with E-state index in [1.807, 2.05) is 0 Å². The Balaban J connectivity index is 1.71. The van der Waals surface area contributed by atoms with Crippen molar-refractivity contribution in [1.29, 1.82) is 0 Å². The van der Waals surface area contributed by atoms with Gasteiger partial charge in [-0.05, 0) is 42.0 Å². The third-order valence-corrected chi connectivity index (χ3v) is 3.18. The fraction of sp³-hybridized carbons (Fsp3) is 0.125. The van der Waals surface area contributed by atoms with E-state index in [0.29, 0.717) is 10.7 Å². The van der Waals surface area contributed by atoms with E-state index in [-0.39, 0.29) is 24.6 Å². The number of nitro groups is 1. The number of hydrogen-bond acceptors (Lipinski definition) is 5. The van der Waals surface area contributed by atoms with Crippen molar-refractivity contribution in [3.8, 4) is 0 Å². The SMILES string of the molecule is O=C(C/C=N/OCc1ccc([N+](=O)[O-])cc1)Nc1ccc(Cl)cc1. The van der Waals surface area contributed by atoms with Crippen molar-refractivity contribution in [2.24, 2.45) is 5.16 Å². The van der Waals surface area contributed by atoms with Gasteiger partial charge in [0, 0.05) is 22.8 Å². The minimum Gasteiger partial charge on any atom is -0.391 e. The average Bonchev–Trinajstić information content (AvgIpc) is 2.57. The molecule has 0 saturated carbocycles. The van der Waals surface area contributed by atoms with Crippen molar-refractivity contribution >= 4 is 35.1 Å². The molecule has 0 radical (unpaired) electrons. The summed E-state index contributed by atoms with van der Waals surface area (Å²) in [4.78, 5) is 26.8. The maximum atomic E-state index is 11.7. The van der Waals surface area contributed by atoms with Crippen LogP contribution in [0.15, 0.2) is 53.7 Å². The first kappa shape index (κ1) is 17.4. The molecular weight excluding hydrogens is 334 g/mol. The van der Waals surface area contributed by atoms with Crippen LogP contribution < -0.4 is 5.32 Å². The Morgan fingerprint density at radius 3 is 2.50 bits per heavy atom. The fourth-order valence-corrected chi connectivity index (χ4v) is 1.87. The molecule has 0 aromatic heterocycles. The molecule has 124 valence electrons. The molecule has 0 aliphatic heterocycles. The van der Waals surface area contributed by atoms with E-state index in [1.165, 1.54) is 18.3 Å². The molecule has 0 atom stereocenters. The van der Waals surface area contributed by atoms with Gasteiger partial charge in [0.15, 0.2) is 0 Å². The van der Waals surface area contributed by atoms with Crippen LogP contribution in [0.3, 0.4) is 0 Å². The topological polar surface area (TPSA) is 93.8 Å². The van der Waals surface area contributed by atoms with Gasteiger partial charge in [0.1, 0.15) is 6.61 Å². The van der Waals surface area contributed by atoms with Crippen LogP contribution in [0.4, 0.5) is 11.4 Å². The van der Waals surface area contributed by atoms with Crippen molar-refractivity contribution in [2.45, 2.75) is 13.0 Å². The van der Waals surface area contributed by atoms with Gasteiger partial charge in [-0.15, -0.1) is 0 Å². The van der Waals surface area contributed by atoms with Crippen LogP contribution in [0.25, 0.3) is 0 Å². The Morgan fingerprint density at radius 2 is 1.88 bits per heavy atom. The molecule has 2 rings (SSSR count). The molecule has 0 aliphatic rings. The largest absolute Gasteiger partial charge is 0.391 e. The summed E-state index contributed by atoms with van der Waals surface area (Å²) < 4.78 is 0. The number of carbonyl (C=O) groups is 1. The Morgan fingerprint density at radius 1 is 1.21 bits per heavy atom. The molecule has 1 N–H and O–H groups in total. The molecule has 0 bridgehead atoms. The number of hydrogen-bond donors (Lipinski definition) is 1. The first-order valence-corrected chi connectivity index (χ1v) is 7.35. The van der Waals surface area contributed by atoms with E-state index in [4.69, 9.17) is 16.4 Å². The molecular formula is C16H14ClN3O4. The van der Waals surface area contributed by atoms with Crippen molar-refractivity contribution in [2.75, 3.05) is 5.32 Å². The lowest BCUT2D eigenvalue weighted by atomic mass is 10.2. The average molecular weight is 348 g/mol. The highest BCUT2D eigenvalue weighted by atomic mass is 35.5. The molecule has 0 spiro atoms. The van der Waals surface area contributed by atoms with E-state index in [0.717, 1.165) is 5.56 Å². The molecule has 0 saturated heterocycles. The Labute approximate surface area is 143 Å². The molecule has 0 fully saturated rings. The van der Waals surface area contributed by atoms with Gasteiger partial charge in [-0.2, -0.15) is 0 Å². The first-order chi connectivity index (χ1) is 11.5. The number of halogens is 1. The second kappa shape index (κ2) is 8.64. The number of rotatable bonds is 7. The zero-order valence-corrected chi connectivity index (χ0v) is 13.3. The van der Waals surface area contributed by atoms with Gasteiger partial charge >= 0.3 is 0 Å². The van der Waals surface area contributed by atoms with Gasteiger partial charge in [0.25, 0.3) is 5.69 Å². The van der Waals surface area contributed by atoms with Crippen molar-refractivity contribution in [3.05, 3.63) is 69.2 Å². The quantitative estimate of drug-likeness (QED) is 0.468. The summed E-state index contributed by atoms with van der Waals surface area (Å²) in [5.74, 6) is -0.236. The number of nitrogens with one attached hydrogen (secondary N) is 1. The van der Waals surface area contributed by atoms with Crippen LogP contribution in [-0.4, -0.2) is 17.0 Å². The van der Waals surface area contributed by atoms with Crippen molar-refractivity contribution in [3.63, 3.8) is 0 Å². The second-order valence-corrected chi connectivity index (χ2v) is 5.18. The highest BCUT2D eigenvalue weighted by Gasteiger charge is 2.04. The number of nitro benzene ring substituents is 1. The smallest absolute Gasteiger partial charge is 0.269 e. The number of nitrogens with zero attached hydrogens (tertiary/aromatic N) is 2. The van der Waals surface area contributed by atoms with Crippen molar-refractivity contribution < 1.29 is 14.6 Å². The maximum absolute atomic E-state index is 11.7. The summed E-state index contributed by atoms with van der Waals surface area (Å²) in [5, 5.41) is 17.5. The summed E-state index contributed by atoms with van der Waals surface area (Å²) in [6.07, 6.45) is 1.40. The summed E-state index contributed by atoms with van der Waals surface area (Å²) in [6, 6.07) is 12.7. The second-order valence-electron chi connectivity index (χ2n) is 4.74. The van der Waals surface area contributed by atoms with Crippen LogP contribution in [0.5, 0.6) is 0 Å². The molecule has 2 aromatic carbocycles. The highest BCUT2D eigenvalue weighted by Crippen LogP contribution is 2.14. The number of oxime groups is 1. The monoisotopic (exact) mass is 347 g/mol. The molecule has 1 amide bonds. The minimum absolute atomic E-state index is 0.0149. The van der Waals surface area contributed by atoms with Crippen LogP contribution in [-0.2, 0) is 16.2 Å². The lowest BCUT2D eigenvalue weighted by molar-refractivity contribution is -0.384. The van der Waals surface area contributed by atoms with Crippen LogP contribution in [0.2, 0.25) is 5.02 Å². The zero-order chi connectivity index (χ0) is 17.4. The van der Waals surface area contributed by atoms with E-state index in [1.54, 1.807) is 36.4 Å². The first-order valence-electron chi connectivity index (χ1n) is 6.97. The minimum atomic E-state index is -0.470. The number of amides is 1. The zero-order valence-electron chi connectivity index (χ0n) is 12.5. The molecule has 8 heteroatoms. The van der Waals surface area contributed by atoms with Gasteiger partial charge in [0.2, 0.25) is 5.91 Å². The van der Waals surface area contributed by atoms with E-state index >= 15 is 0 Å². The maximum Gasteiger partial charge on any atom is 0.269 e. The van der Waals surface area contributed by atoms with Gasteiger partial charge < -0.3 is 10.2 Å². The summed E-state index contributed by atoms with van der Waals surface area (Å²) in [7, 11) is 0. The Bertz CT molecular complexity index is 730. The Kier molecular flexibility index (Phi) is 6.27. The molecule has 7 nitrogen and oxygen atoms in total. The van der Waals surface area contributed by atoms with Crippen molar-refractivity contribution in [1.82, 2.24) is 0 Å². The predicted molar refractivity (Wildman–Crippen MR) is 91.1 cm³/mol. The molecule has 0 heterocycles. The van der Waals surface area contributed by atoms with Crippen LogP contribution >= 0.6 is 11.6 Å². The number of benzene rings is 2. The van der Waals surface area contributed by atoms with Gasteiger partial charge in [-0.1, -0.05) is 16.8 Å². The molecule has 0 aliphatic carbocycles. The number of anilines is 1. The van der Waals surface area contributed by atoms with Gasteiger partial charge in [0.05, 0.1) is 17.6 Å². The van der Waals surface area contributed by atoms with Gasteiger partial charge in [-0.25, -0.2) is 0 Å². The van der Waals surface area contributed by atoms with E-state index in [9.17, 15) is 14.9 Å².